The molecule has 1 atom stereocenters. The molecule has 1 aromatic heterocycles. The lowest BCUT2D eigenvalue weighted by Crippen LogP contribution is -2.25. The molecular weight excluding hydrogens is 236 g/mol. The minimum absolute atomic E-state index is 0.0481. The van der Waals surface area contributed by atoms with Crippen LogP contribution in [0.2, 0.25) is 0 Å². The van der Waals surface area contributed by atoms with Crippen molar-refractivity contribution < 1.29 is 0 Å². The first kappa shape index (κ1) is 10.5. The van der Waals surface area contributed by atoms with Gasteiger partial charge in [-0.3, -0.25) is 4.79 Å². The number of rotatable bonds is 0. The van der Waals surface area contributed by atoms with Gasteiger partial charge in [0.2, 0.25) is 0 Å². The molecule has 1 aromatic rings. The first-order valence-electron chi connectivity index (χ1n) is 5.51. The zero-order valence-electron chi connectivity index (χ0n) is 9.33. The molecule has 3 rings (SSSR count). The summed E-state index contributed by atoms with van der Waals surface area (Å²) in [4.78, 5) is 19.2. The Morgan fingerprint density at radius 2 is 2.35 bits per heavy atom. The van der Waals surface area contributed by atoms with Crippen molar-refractivity contribution in [3.8, 4) is 0 Å². The Morgan fingerprint density at radius 3 is 3.18 bits per heavy atom. The Bertz CT molecular complexity index is 637. The summed E-state index contributed by atoms with van der Waals surface area (Å²) < 4.78 is 0. The molecule has 0 radical (unpaired) electrons. The number of allylic oxidation sites excluding steroid dienone is 6. The van der Waals surface area contributed by atoms with Crippen LogP contribution in [-0.4, -0.2) is 9.97 Å². The molecule has 0 amide bonds. The van der Waals surface area contributed by atoms with E-state index < -0.39 is 0 Å². The van der Waals surface area contributed by atoms with Gasteiger partial charge < -0.3 is 4.98 Å². The fraction of sp³-hybridized carbons (Fsp3) is 0.231. The molecule has 2 aliphatic carbocycles. The number of aryl methyl sites for hydroxylation is 1. The van der Waals surface area contributed by atoms with Gasteiger partial charge in [-0.05, 0) is 18.6 Å². The van der Waals surface area contributed by atoms with E-state index in [1.165, 1.54) is 0 Å². The van der Waals surface area contributed by atoms with Crippen molar-refractivity contribution >= 4 is 11.6 Å². The summed E-state index contributed by atoms with van der Waals surface area (Å²) in [5.41, 5.74) is 2.54. The Morgan fingerprint density at radius 1 is 1.53 bits per heavy atom. The molecule has 0 fully saturated rings. The lowest BCUT2D eigenvalue weighted by Gasteiger charge is -2.25. The van der Waals surface area contributed by atoms with E-state index in [-0.39, 0.29) is 11.5 Å². The minimum atomic E-state index is -0.0564. The fourth-order valence-electron chi connectivity index (χ4n) is 2.41. The van der Waals surface area contributed by atoms with Crippen LogP contribution in [0.15, 0.2) is 39.7 Å². The third-order valence-corrected chi connectivity index (χ3v) is 3.48. The first-order valence-corrected chi connectivity index (χ1v) is 5.88. The summed E-state index contributed by atoms with van der Waals surface area (Å²) in [7, 11) is 0. The second kappa shape index (κ2) is 3.70. The molecular formula is C13H11ClN2O. The molecule has 0 saturated heterocycles. The number of hydrogen-bond acceptors (Lipinski definition) is 2. The largest absolute Gasteiger partial charge is 0.311 e. The summed E-state index contributed by atoms with van der Waals surface area (Å²) in [6.45, 7) is 1.80. The van der Waals surface area contributed by atoms with E-state index in [4.69, 9.17) is 11.6 Å². The number of H-pyrrole nitrogens is 1. The molecule has 0 saturated carbocycles. The highest BCUT2D eigenvalue weighted by Gasteiger charge is 2.28. The van der Waals surface area contributed by atoms with E-state index in [1.54, 1.807) is 6.92 Å². The number of hydrogen-bond donors (Lipinski definition) is 1. The van der Waals surface area contributed by atoms with Gasteiger partial charge in [-0.1, -0.05) is 29.8 Å². The SMILES string of the molecule is Cc1nc2c(c(=O)[nH]1)C1C=CC=C(Cl)C1=CC2. The maximum Gasteiger partial charge on any atom is 0.255 e. The van der Waals surface area contributed by atoms with Crippen LogP contribution in [0.3, 0.4) is 0 Å². The Hall–Kier alpha value is -1.61. The molecule has 1 unspecified atom stereocenters. The predicted molar refractivity (Wildman–Crippen MR) is 67.2 cm³/mol. The Labute approximate surface area is 104 Å². The van der Waals surface area contributed by atoms with Crippen LogP contribution in [-0.2, 0) is 6.42 Å². The molecule has 1 heterocycles. The smallest absolute Gasteiger partial charge is 0.255 e. The zero-order valence-corrected chi connectivity index (χ0v) is 10.1. The van der Waals surface area contributed by atoms with E-state index >= 15 is 0 Å². The summed E-state index contributed by atoms with van der Waals surface area (Å²) in [6.07, 6.45) is 8.45. The van der Waals surface area contributed by atoms with Crippen molar-refractivity contribution in [3.05, 3.63) is 62.3 Å². The van der Waals surface area contributed by atoms with Crippen molar-refractivity contribution in [2.75, 3.05) is 0 Å². The van der Waals surface area contributed by atoms with Gasteiger partial charge in [0, 0.05) is 17.4 Å². The van der Waals surface area contributed by atoms with Gasteiger partial charge in [0.25, 0.3) is 5.56 Å². The van der Waals surface area contributed by atoms with E-state index in [1.807, 2.05) is 18.2 Å². The van der Waals surface area contributed by atoms with Crippen LogP contribution in [0.25, 0.3) is 0 Å². The average molecular weight is 247 g/mol. The number of nitrogens with one attached hydrogen (secondary N) is 1. The maximum atomic E-state index is 12.0. The molecule has 0 spiro atoms. The molecule has 3 nitrogen and oxygen atoms in total. The van der Waals surface area contributed by atoms with Crippen LogP contribution in [0.1, 0.15) is 23.0 Å². The molecule has 0 aromatic carbocycles. The van der Waals surface area contributed by atoms with Crippen LogP contribution in [0, 0.1) is 6.92 Å². The highest BCUT2D eigenvalue weighted by atomic mass is 35.5. The van der Waals surface area contributed by atoms with E-state index in [2.05, 4.69) is 16.0 Å². The number of nitrogens with zero attached hydrogens (tertiary/aromatic N) is 1. The number of fused-ring (bicyclic) bond motifs is 3. The monoisotopic (exact) mass is 246 g/mol. The summed E-state index contributed by atoms with van der Waals surface area (Å²) in [5, 5.41) is 0.711. The van der Waals surface area contributed by atoms with Crippen LogP contribution < -0.4 is 5.56 Å². The third-order valence-electron chi connectivity index (χ3n) is 3.14. The van der Waals surface area contributed by atoms with Gasteiger partial charge in [0.1, 0.15) is 5.82 Å². The molecule has 1 N–H and O–H groups in total. The number of aromatic nitrogens is 2. The summed E-state index contributed by atoms with van der Waals surface area (Å²) in [5.74, 6) is 0.611. The van der Waals surface area contributed by atoms with Gasteiger partial charge in [0.05, 0.1) is 11.3 Å². The second-order valence-electron chi connectivity index (χ2n) is 4.25. The topological polar surface area (TPSA) is 45.8 Å². The van der Waals surface area contributed by atoms with Gasteiger partial charge in [-0.2, -0.15) is 0 Å². The Kier molecular flexibility index (Phi) is 2.30. The molecule has 4 heteroatoms. The lowest BCUT2D eigenvalue weighted by molar-refractivity contribution is 0.830. The van der Waals surface area contributed by atoms with E-state index in [0.29, 0.717) is 17.3 Å². The van der Waals surface area contributed by atoms with E-state index in [0.717, 1.165) is 16.8 Å². The van der Waals surface area contributed by atoms with Crippen molar-refractivity contribution in [1.82, 2.24) is 9.97 Å². The lowest BCUT2D eigenvalue weighted by atomic mass is 9.82. The fourth-order valence-corrected chi connectivity index (χ4v) is 2.68. The van der Waals surface area contributed by atoms with Gasteiger partial charge in [-0.15, -0.1) is 0 Å². The quantitative estimate of drug-likeness (QED) is 0.764. The van der Waals surface area contributed by atoms with E-state index in [9.17, 15) is 4.79 Å². The zero-order chi connectivity index (χ0) is 12.0. The normalized spacial score (nSPS) is 21.4. The van der Waals surface area contributed by atoms with Crippen molar-refractivity contribution in [2.24, 2.45) is 0 Å². The predicted octanol–water partition coefficient (Wildman–Crippen LogP) is 2.34. The van der Waals surface area contributed by atoms with Crippen LogP contribution >= 0.6 is 11.6 Å². The van der Waals surface area contributed by atoms with Crippen LogP contribution in [0.5, 0.6) is 0 Å². The highest BCUT2D eigenvalue weighted by molar-refractivity contribution is 6.32. The summed E-state index contributed by atoms with van der Waals surface area (Å²) >= 11 is 6.15. The molecule has 2 aliphatic rings. The summed E-state index contributed by atoms with van der Waals surface area (Å²) in [6, 6.07) is 0. The van der Waals surface area contributed by atoms with Crippen LogP contribution in [0.4, 0.5) is 0 Å². The maximum absolute atomic E-state index is 12.0. The van der Waals surface area contributed by atoms with Gasteiger partial charge >= 0.3 is 0 Å². The van der Waals surface area contributed by atoms with Gasteiger partial charge in [0.15, 0.2) is 0 Å². The first-order chi connectivity index (χ1) is 8.16. The molecule has 17 heavy (non-hydrogen) atoms. The molecule has 86 valence electrons. The number of aromatic amines is 1. The van der Waals surface area contributed by atoms with Crippen molar-refractivity contribution in [1.29, 1.82) is 0 Å². The number of halogens is 1. The third kappa shape index (κ3) is 1.58. The average Bonchev–Trinajstić information content (AvgIpc) is 2.28. The van der Waals surface area contributed by atoms with Crippen molar-refractivity contribution in [2.45, 2.75) is 19.3 Å². The highest BCUT2D eigenvalue weighted by Crippen LogP contribution is 2.38. The molecule has 0 bridgehead atoms. The standard InChI is InChI=1S/C13H11ClN2O/c1-7-15-11-6-5-8-9(3-2-4-10(8)14)12(11)13(17)16-7/h2-5,9H,6H2,1H3,(H,15,16,17). The Balaban J connectivity index is 2.23. The van der Waals surface area contributed by atoms with Crippen molar-refractivity contribution in [3.63, 3.8) is 0 Å². The second-order valence-corrected chi connectivity index (χ2v) is 4.66. The molecule has 0 aliphatic heterocycles. The minimum Gasteiger partial charge on any atom is -0.311 e. The van der Waals surface area contributed by atoms with Gasteiger partial charge in [-0.25, -0.2) is 4.98 Å².